The molecule has 3 heteroatoms. The fourth-order valence-corrected chi connectivity index (χ4v) is 2.85. The number of rotatable bonds is 3. The summed E-state index contributed by atoms with van der Waals surface area (Å²) in [5.41, 5.74) is -0.0167. The van der Waals surface area contributed by atoms with Crippen molar-refractivity contribution in [3.8, 4) is 0 Å². The summed E-state index contributed by atoms with van der Waals surface area (Å²) in [6.07, 6.45) is 5.56. The Morgan fingerprint density at radius 1 is 1.50 bits per heavy atom. The number of amides is 1. The molecule has 2 N–H and O–H groups in total. The molecule has 0 aromatic heterocycles. The summed E-state index contributed by atoms with van der Waals surface area (Å²) in [5, 5.41) is 6.62. The lowest BCUT2D eigenvalue weighted by molar-refractivity contribution is -0.137. The molecule has 1 saturated carbocycles. The van der Waals surface area contributed by atoms with E-state index >= 15 is 0 Å². The molecule has 1 saturated heterocycles. The van der Waals surface area contributed by atoms with Crippen LogP contribution in [0.3, 0.4) is 0 Å². The van der Waals surface area contributed by atoms with Crippen molar-refractivity contribution < 1.29 is 4.79 Å². The predicted octanol–water partition coefficient (Wildman–Crippen LogP) is 1.68. The summed E-state index contributed by atoms with van der Waals surface area (Å²) >= 11 is 0. The van der Waals surface area contributed by atoms with Gasteiger partial charge in [-0.05, 0) is 38.1 Å². The van der Waals surface area contributed by atoms with Crippen LogP contribution in [0.25, 0.3) is 0 Å². The first kappa shape index (κ1) is 11.9. The Kier molecular flexibility index (Phi) is 3.53. The van der Waals surface area contributed by atoms with Crippen molar-refractivity contribution in [2.45, 2.75) is 52.0 Å². The van der Waals surface area contributed by atoms with E-state index in [0.29, 0.717) is 17.9 Å². The van der Waals surface area contributed by atoms with Crippen LogP contribution in [0.5, 0.6) is 0 Å². The average Bonchev–Trinajstić information content (AvgIpc) is 2.21. The molecule has 2 fully saturated rings. The number of piperidine rings is 1. The summed E-state index contributed by atoms with van der Waals surface area (Å²) in [6, 6.07) is 0.338. The topological polar surface area (TPSA) is 41.1 Å². The molecule has 1 heterocycles. The first-order valence-electron chi connectivity index (χ1n) is 6.69. The second-order valence-corrected chi connectivity index (χ2v) is 5.54. The number of hydrogen-bond acceptors (Lipinski definition) is 2. The van der Waals surface area contributed by atoms with Gasteiger partial charge in [-0.15, -0.1) is 0 Å². The van der Waals surface area contributed by atoms with Crippen LogP contribution in [0.15, 0.2) is 0 Å². The molecular weight excluding hydrogens is 200 g/mol. The molecule has 16 heavy (non-hydrogen) atoms. The second kappa shape index (κ2) is 4.74. The van der Waals surface area contributed by atoms with Gasteiger partial charge < -0.3 is 10.6 Å². The highest BCUT2D eigenvalue weighted by Crippen LogP contribution is 2.44. The third-order valence-corrected chi connectivity index (χ3v) is 4.61. The second-order valence-electron chi connectivity index (χ2n) is 5.54. The molecule has 1 amide bonds. The van der Waals surface area contributed by atoms with Crippen LogP contribution in [0.1, 0.15) is 46.0 Å². The predicted molar refractivity (Wildman–Crippen MR) is 65.2 cm³/mol. The van der Waals surface area contributed by atoms with Gasteiger partial charge in [0.15, 0.2) is 0 Å². The van der Waals surface area contributed by atoms with Crippen LogP contribution in [-0.4, -0.2) is 25.0 Å². The van der Waals surface area contributed by atoms with Gasteiger partial charge in [-0.25, -0.2) is 0 Å². The van der Waals surface area contributed by atoms with E-state index in [2.05, 4.69) is 24.5 Å². The van der Waals surface area contributed by atoms with Gasteiger partial charge in [-0.1, -0.05) is 20.3 Å². The van der Waals surface area contributed by atoms with Crippen LogP contribution in [0.4, 0.5) is 0 Å². The molecule has 0 bridgehead atoms. The summed E-state index contributed by atoms with van der Waals surface area (Å²) in [7, 11) is 0. The first-order chi connectivity index (χ1) is 7.68. The van der Waals surface area contributed by atoms with Crippen molar-refractivity contribution >= 4 is 5.91 Å². The van der Waals surface area contributed by atoms with E-state index in [-0.39, 0.29) is 5.41 Å². The zero-order valence-electron chi connectivity index (χ0n) is 10.5. The van der Waals surface area contributed by atoms with Crippen molar-refractivity contribution in [2.24, 2.45) is 11.3 Å². The van der Waals surface area contributed by atoms with E-state index in [1.54, 1.807) is 0 Å². The van der Waals surface area contributed by atoms with E-state index < -0.39 is 0 Å². The minimum Gasteiger partial charge on any atom is -0.351 e. The standard InChI is InChI=1S/C13H24N2O/c1-3-13(6-4-7-13)12(16)15-11-9-14-8-5-10(11)2/h10-11,14H,3-9H2,1-2H3,(H,15,16). The Morgan fingerprint density at radius 2 is 2.25 bits per heavy atom. The van der Waals surface area contributed by atoms with E-state index in [1.807, 2.05) is 0 Å². The quantitative estimate of drug-likeness (QED) is 0.766. The molecule has 0 radical (unpaired) electrons. The molecule has 0 aromatic carbocycles. The molecule has 1 aliphatic heterocycles. The first-order valence-corrected chi connectivity index (χ1v) is 6.69. The Hall–Kier alpha value is -0.570. The lowest BCUT2D eigenvalue weighted by Crippen LogP contribution is -2.55. The van der Waals surface area contributed by atoms with Crippen LogP contribution in [-0.2, 0) is 4.79 Å². The maximum atomic E-state index is 12.3. The van der Waals surface area contributed by atoms with Crippen molar-refractivity contribution in [3.05, 3.63) is 0 Å². The van der Waals surface area contributed by atoms with E-state index in [9.17, 15) is 4.79 Å². The van der Waals surface area contributed by atoms with Gasteiger partial charge in [0.1, 0.15) is 0 Å². The SMILES string of the molecule is CCC1(C(=O)NC2CNCCC2C)CCC1. The molecule has 0 aromatic rings. The zero-order chi connectivity index (χ0) is 11.6. The van der Waals surface area contributed by atoms with E-state index in [1.165, 1.54) is 12.8 Å². The van der Waals surface area contributed by atoms with Gasteiger partial charge in [0.25, 0.3) is 0 Å². The molecule has 2 unspecified atom stereocenters. The summed E-state index contributed by atoms with van der Waals surface area (Å²) < 4.78 is 0. The van der Waals surface area contributed by atoms with Gasteiger partial charge >= 0.3 is 0 Å². The number of carbonyl (C=O) groups excluding carboxylic acids is 1. The molecule has 1 aliphatic carbocycles. The van der Waals surface area contributed by atoms with Crippen molar-refractivity contribution in [1.82, 2.24) is 10.6 Å². The van der Waals surface area contributed by atoms with Crippen molar-refractivity contribution in [3.63, 3.8) is 0 Å². The van der Waals surface area contributed by atoms with Crippen LogP contribution >= 0.6 is 0 Å². The van der Waals surface area contributed by atoms with Crippen molar-refractivity contribution in [2.75, 3.05) is 13.1 Å². The molecule has 2 aliphatic rings. The Morgan fingerprint density at radius 3 is 2.75 bits per heavy atom. The highest BCUT2D eigenvalue weighted by atomic mass is 16.2. The molecule has 0 spiro atoms. The Labute approximate surface area is 98.4 Å². The Balaban J connectivity index is 1.90. The lowest BCUT2D eigenvalue weighted by Gasteiger charge is -2.42. The summed E-state index contributed by atoms with van der Waals surface area (Å²) in [4.78, 5) is 12.3. The van der Waals surface area contributed by atoms with Gasteiger partial charge in [-0.2, -0.15) is 0 Å². The number of nitrogens with one attached hydrogen (secondary N) is 2. The van der Waals surface area contributed by atoms with Crippen LogP contribution < -0.4 is 10.6 Å². The van der Waals surface area contributed by atoms with Crippen LogP contribution in [0, 0.1) is 11.3 Å². The summed E-state index contributed by atoms with van der Waals surface area (Å²) in [6.45, 7) is 6.41. The molecular formula is C13H24N2O. The third kappa shape index (κ3) is 2.10. The highest BCUT2D eigenvalue weighted by Gasteiger charge is 2.43. The number of hydrogen-bond donors (Lipinski definition) is 2. The van der Waals surface area contributed by atoms with E-state index in [4.69, 9.17) is 0 Å². The lowest BCUT2D eigenvalue weighted by atomic mass is 9.66. The normalized spacial score (nSPS) is 32.9. The fraction of sp³-hybridized carbons (Fsp3) is 0.923. The fourth-order valence-electron chi connectivity index (χ4n) is 2.85. The maximum absolute atomic E-state index is 12.3. The molecule has 2 atom stereocenters. The van der Waals surface area contributed by atoms with Gasteiger partial charge in [-0.3, -0.25) is 4.79 Å². The largest absolute Gasteiger partial charge is 0.351 e. The monoisotopic (exact) mass is 224 g/mol. The molecule has 92 valence electrons. The summed E-state index contributed by atoms with van der Waals surface area (Å²) in [5.74, 6) is 0.918. The zero-order valence-corrected chi connectivity index (χ0v) is 10.5. The molecule has 2 rings (SSSR count). The minimum atomic E-state index is -0.0167. The molecule has 3 nitrogen and oxygen atoms in total. The minimum absolute atomic E-state index is 0.0167. The van der Waals surface area contributed by atoms with E-state index in [0.717, 1.165) is 32.4 Å². The smallest absolute Gasteiger partial charge is 0.226 e. The van der Waals surface area contributed by atoms with Gasteiger partial charge in [0, 0.05) is 18.0 Å². The van der Waals surface area contributed by atoms with Gasteiger partial charge in [0.05, 0.1) is 0 Å². The maximum Gasteiger partial charge on any atom is 0.226 e. The van der Waals surface area contributed by atoms with Gasteiger partial charge in [0.2, 0.25) is 5.91 Å². The Bertz CT molecular complexity index is 255. The average molecular weight is 224 g/mol. The number of carbonyl (C=O) groups is 1. The highest BCUT2D eigenvalue weighted by molar-refractivity contribution is 5.83. The third-order valence-electron chi connectivity index (χ3n) is 4.61. The van der Waals surface area contributed by atoms with Crippen LogP contribution in [0.2, 0.25) is 0 Å². The van der Waals surface area contributed by atoms with Crippen molar-refractivity contribution in [1.29, 1.82) is 0 Å².